The zero-order valence-electron chi connectivity index (χ0n) is 6.81. The maximum atomic E-state index is 10.7. The van der Waals surface area contributed by atoms with Crippen LogP contribution in [0.15, 0.2) is 47.4 Å². The van der Waals surface area contributed by atoms with Gasteiger partial charge in [0.25, 0.3) is 0 Å². The van der Waals surface area contributed by atoms with E-state index in [0.29, 0.717) is 4.90 Å². The lowest BCUT2D eigenvalue weighted by molar-refractivity contribution is 0.614. The van der Waals surface area contributed by atoms with Crippen molar-refractivity contribution in [3.8, 4) is 0 Å². The molecule has 0 aromatic heterocycles. The highest BCUT2D eigenvalue weighted by Crippen LogP contribution is 2.15. The number of benzene rings is 2. The molecule has 0 heterocycles. The Morgan fingerprint density at radius 1 is 0.846 bits per heavy atom. The molecule has 2 aromatic carbocycles. The van der Waals surface area contributed by atoms with Gasteiger partial charge in [0, 0.05) is 0 Å². The Balaban J connectivity index is 2.76. The molecule has 2 rings (SSSR count). The molecule has 0 spiro atoms. The van der Waals surface area contributed by atoms with Gasteiger partial charge in [0.1, 0.15) is 0 Å². The molecule has 0 aliphatic heterocycles. The Hall–Kier alpha value is -1.35. The molecule has 2 nitrogen and oxygen atoms in total. The fourth-order valence-electron chi connectivity index (χ4n) is 1.29. The lowest BCUT2D eigenvalue weighted by atomic mass is 10.1. The van der Waals surface area contributed by atoms with Crippen molar-refractivity contribution in [3.05, 3.63) is 42.5 Å². The van der Waals surface area contributed by atoms with Crippen LogP contribution < -0.4 is 0 Å². The van der Waals surface area contributed by atoms with Crippen molar-refractivity contribution in [1.29, 1.82) is 0 Å². The Kier molecular flexibility index (Phi) is 2.02. The number of thiol groups is 1. The summed E-state index contributed by atoms with van der Waals surface area (Å²) in [5.41, 5.74) is 0. The number of hydrogen-bond acceptors (Lipinski definition) is 2. The van der Waals surface area contributed by atoms with Crippen LogP contribution in [0.1, 0.15) is 0 Å². The van der Waals surface area contributed by atoms with E-state index in [-0.39, 0.29) is 0 Å². The standard InChI is InChI=1S/C10H8O2S/c11-13(12)10-6-5-8-3-1-2-4-9(8)7-10/h1-7,13H. The predicted molar refractivity (Wildman–Crippen MR) is 52.5 cm³/mol. The fourth-order valence-corrected chi connectivity index (χ4v) is 1.73. The van der Waals surface area contributed by atoms with Crippen molar-refractivity contribution < 1.29 is 8.42 Å². The van der Waals surface area contributed by atoms with E-state index in [1.54, 1.807) is 12.1 Å². The Bertz CT molecular complexity index is 507. The third-order valence-electron chi connectivity index (χ3n) is 1.94. The van der Waals surface area contributed by atoms with E-state index in [4.69, 9.17) is 0 Å². The SMILES string of the molecule is O=[SH](=O)c1ccc2ccccc2c1. The van der Waals surface area contributed by atoms with Crippen LogP contribution >= 0.6 is 0 Å². The molecule has 3 heteroatoms. The molecular weight excluding hydrogens is 184 g/mol. The molecule has 0 unspecified atom stereocenters. The van der Waals surface area contributed by atoms with Gasteiger partial charge in [-0.05, 0) is 22.9 Å². The van der Waals surface area contributed by atoms with Crippen LogP contribution in [0.5, 0.6) is 0 Å². The van der Waals surface area contributed by atoms with Crippen LogP contribution in [0.3, 0.4) is 0 Å². The summed E-state index contributed by atoms with van der Waals surface area (Å²) >= 11 is 0. The van der Waals surface area contributed by atoms with Crippen molar-refractivity contribution in [3.63, 3.8) is 0 Å². The van der Waals surface area contributed by atoms with Gasteiger partial charge in [0.2, 0.25) is 0 Å². The van der Waals surface area contributed by atoms with Crippen molar-refractivity contribution in [2.45, 2.75) is 4.90 Å². The van der Waals surface area contributed by atoms with Gasteiger partial charge in [-0.25, -0.2) is 8.42 Å². The topological polar surface area (TPSA) is 34.1 Å². The van der Waals surface area contributed by atoms with Crippen molar-refractivity contribution >= 4 is 21.5 Å². The first-order valence-electron chi connectivity index (χ1n) is 3.90. The van der Waals surface area contributed by atoms with Crippen LogP contribution in [0.4, 0.5) is 0 Å². The van der Waals surface area contributed by atoms with Gasteiger partial charge in [0.15, 0.2) is 10.7 Å². The molecule has 0 amide bonds. The molecule has 0 saturated heterocycles. The highest BCUT2D eigenvalue weighted by atomic mass is 32.2. The second-order valence-electron chi connectivity index (χ2n) is 2.79. The molecule has 0 radical (unpaired) electrons. The fraction of sp³-hybridized carbons (Fsp3) is 0. The smallest absolute Gasteiger partial charge is 0.168 e. The van der Waals surface area contributed by atoms with Gasteiger partial charge >= 0.3 is 0 Å². The van der Waals surface area contributed by atoms with Gasteiger partial charge in [-0.15, -0.1) is 0 Å². The molecule has 0 N–H and O–H groups in total. The van der Waals surface area contributed by atoms with E-state index >= 15 is 0 Å². The monoisotopic (exact) mass is 192 g/mol. The maximum absolute atomic E-state index is 10.7. The van der Waals surface area contributed by atoms with E-state index in [1.807, 2.05) is 30.3 Å². The average molecular weight is 192 g/mol. The Labute approximate surface area is 77.8 Å². The molecule has 0 aliphatic carbocycles. The minimum Gasteiger partial charge on any atom is -0.227 e. The molecule has 0 aliphatic rings. The minimum absolute atomic E-state index is 0.369. The molecule has 0 fully saturated rings. The van der Waals surface area contributed by atoms with E-state index in [2.05, 4.69) is 0 Å². The highest BCUT2D eigenvalue weighted by Gasteiger charge is 1.96. The number of fused-ring (bicyclic) bond motifs is 1. The van der Waals surface area contributed by atoms with Crippen molar-refractivity contribution in [2.75, 3.05) is 0 Å². The Morgan fingerprint density at radius 2 is 1.54 bits per heavy atom. The summed E-state index contributed by atoms with van der Waals surface area (Å²) in [5, 5.41) is 2.02. The van der Waals surface area contributed by atoms with E-state index in [1.165, 1.54) is 0 Å². The quantitative estimate of drug-likeness (QED) is 0.699. The number of hydrogen-bond donors (Lipinski definition) is 1. The van der Waals surface area contributed by atoms with Gasteiger partial charge in [-0.3, -0.25) is 0 Å². The van der Waals surface area contributed by atoms with Crippen LogP contribution in [0.25, 0.3) is 10.8 Å². The summed E-state index contributed by atoms with van der Waals surface area (Å²) in [5.74, 6) is 0. The Morgan fingerprint density at radius 3 is 2.23 bits per heavy atom. The molecule has 13 heavy (non-hydrogen) atoms. The highest BCUT2D eigenvalue weighted by molar-refractivity contribution is 7.72. The normalized spacial score (nSPS) is 10.8. The van der Waals surface area contributed by atoms with E-state index < -0.39 is 10.7 Å². The zero-order valence-corrected chi connectivity index (χ0v) is 7.70. The first kappa shape index (κ1) is 8.26. The summed E-state index contributed by atoms with van der Waals surface area (Å²) in [6.45, 7) is 0. The van der Waals surface area contributed by atoms with Crippen LogP contribution in [0.2, 0.25) is 0 Å². The first-order valence-corrected chi connectivity index (χ1v) is 5.08. The molecule has 0 saturated carbocycles. The second-order valence-corrected chi connectivity index (χ2v) is 3.82. The summed E-state index contributed by atoms with van der Waals surface area (Å²) in [6.07, 6.45) is 0. The molecule has 0 bridgehead atoms. The summed E-state index contributed by atoms with van der Waals surface area (Å²) in [4.78, 5) is 0.369. The predicted octanol–water partition coefficient (Wildman–Crippen LogP) is 1.81. The van der Waals surface area contributed by atoms with Crippen LogP contribution in [-0.4, -0.2) is 8.42 Å². The van der Waals surface area contributed by atoms with Crippen LogP contribution in [-0.2, 0) is 10.7 Å². The third-order valence-corrected chi connectivity index (χ3v) is 2.64. The molecule has 0 atom stereocenters. The van der Waals surface area contributed by atoms with E-state index in [0.717, 1.165) is 10.8 Å². The first-order chi connectivity index (χ1) is 6.27. The largest absolute Gasteiger partial charge is 0.227 e. The molecule has 66 valence electrons. The van der Waals surface area contributed by atoms with Crippen LogP contribution in [0, 0.1) is 0 Å². The van der Waals surface area contributed by atoms with Gasteiger partial charge in [0.05, 0.1) is 4.90 Å². The number of rotatable bonds is 1. The van der Waals surface area contributed by atoms with Gasteiger partial charge < -0.3 is 0 Å². The average Bonchev–Trinajstić information content (AvgIpc) is 2.17. The van der Waals surface area contributed by atoms with Gasteiger partial charge in [-0.2, -0.15) is 0 Å². The van der Waals surface area contributed by atoms with E-state index in [9.17, 15) is 8.42 Å². The molecule has 2 aromatic rings. The summed E-state index contributed by atoms with van der Waals surface area (Å²) in [6, 6.07) is 12.8. The van der Waals surface area contributed by atoms with Crippen molar-refractivity contribution in [1.82, 2.24) is 0 Å². The summed E-state index contributed by atoms with van der Waals surface area (Å²) in [7, 11) is -2.47. The summed E-state index contributed by atoms with van der Waals surface area (Å²) < 4.78 is 21.4. The molecular formula is C10H8O2S. The lowest BCUT2D eigenvalue weighted by Crippen LogP contribution is -1.79. The lowest BCUT2D eigenvalue weighted by Gasteiger charge is -1.96. The van der Waals surface area contributed by atoms with Crippen molar-refractivity contribution in [2.24, 2.45) is 0 Å². The van der Waals surface area contributed by atoms with Gasteiger partial charge in [-0.1, -0.05) is 30.3 Å². The maximum Gasteiger partial charge on any atom is 0.168 e. The third kappa shape index (κ3) is 1.55. The zero-order chi connectivity index (χ0) is 9.26. The minimum atomic E-state index is -2.47. The second kappa shape index (κ2) is 3.18.